The Morgan fingerprint density at radius 3 is 2.18 bits per heavy atom. The number of aromatic nitrogens is 1. The van der Waals surface area contributed by atoms with E-state index in [-0.39, 0.29) is 0 Å². The van der Waals surface area contributed by atoms with Crippen molar-refractivity contribution in [1.82, 2.24) is 4.98 Å². The van der Waals surface area contributed by atoms with Crippen molar-refractivity contribution in [3.05, 3.63) is 78.1 Å². The fraction of sp³-hybridized carbons (Fsp3) is 0.174. The largest absolute Gasteiger partial charge is 0.497 e. The normalized spacial score (nSPS) is 9.14. The number of methoxy groups -OCH3 is 1. The van der Waals surface area contributed by atoms with Crippen LogP contribution in [-0.2, 0) is 6.54 Å². The number of pyridine rings is 1. The van der Waals surface area contributed by atoms with Gasteiger partial charge in [0.2, 0.25) is 0 Å². The molecule has 1 aromatic heterocycles. The van der Waals surface area contributed by atoms with Crippen LogP contribution in [0.15, 0.2) is 77.0 Å². The SMILES string of the molecule is C=NCc1cccnc1.C=Nc1ccc(-c2ccc(OC)cc2)cc1C.CO. The van der Waals surface area contributed by atoms with Gasteiger partial charge >= 0.3 is 0 Å². The monoisotopic (exact) mass is 377 g/mol. The van der Waals surface area contributed by atoms with Crippen molar-refractivity contribution in [2.75, 3.05) is 14.2 Å². The molecule has 3 aromatic rings. The van der Waals surface area contributed by atoms with E-state index in [2.05, 4.69) is 52.7 Å². The lowest BCUT2D eigenvalue weighted by atomic mass is 10.0. The molecule has 0 spiro atoms. The molecule has 1 N–H and O–H groups in total. The van der Waals surface area contributed by atoms with Crippen LogP contribution in [0.5, 0.6) is 5.75 Å². The second-order valence-corrected chi connectivity index (χ2v) is 5.63. The van der Waals surface area contributed by atoms with Gasteiger partial charge in [0.05, 0.1) is 19.3 Å². The van der Waals surface area contributed by atoms with Gasteiger partial charge in [-0.25, -0.2) is 0 Å². The molecule has 1 heterocycles. The summed E-state index contributed by atoms with van der Waals surface area (Å²) in [6.45, 7) is 9.63. The molecule has 0 saturated carbocycles. The molecule has 0 radical (unpaired) electrons. The van der Waals surface area contributed by atoms with Crippen molar-refractivity contribution in [2.45, 2.75) is 13.5 Å². The molecular weight excluding hydrogens is 350 g/mol. The molecule has 2 aromatic carbocycles. The van der Waals surface area contributed by atoms with Crippen LogP contribution < -0.4 is 4.74 Å². The Bertz CT molecular complexity index is 847. The highest BCUT2D eigenvalue weighted by Crippen LogP contribution is 2.27. The van der Waals surface area contributed by atoms with Crippen molar-refractivity contribution >= 4 is 19.1 Å². The van der Waals surface area contributed by atoms with Crippen LogP contribution in [0.3, 0.4) is 0 Å². The lowest BCUT2D eigenvalue weighted by molar-refractivity contribution is 0.399. The molecule has 0 amide bonds. The van der Waals surface area contributed by atoms with Crippen LogP contribution >= 0.6 is 0 Å². The Kier molecular flexibility index (Phi) is 10.5. The minimum atomic E-state index is 0.661. The van der Waals surface area contributed by atoms with E-state index in [1.54, 1.807) is 19.5 Å². The van der Waals surface area contributed by atoms with Crippen molar-refractivity contribution in [2.24, 2.45) is 9.98 Å². The van der Waals surface area contributed by atoms with Gasteiger partial charge in [-0.2, -0.15) is 0 Å². The van der Waals surface area contributed by atoms with Crippen LogP contribution in [0.25, 0.3) is 11.1 Å². The zero-order valence-corrected chi connectivity index (χ0v) is 16.7. The average molecular weight is 377 g/mol. The highest BCUT2D eigenvalue weighted by atomic mass is 16.5. The first-order valence-corrected chi connectivity index (χ1v) is 8.66. The van der Waals surface area contributed by atoms with Gasteiger partial charge in [-0.05, 0) is 72.9 Å². The third kappa shape index (κ3) is 7.13. The first-order valence-electron chi connectivity index (χ1n) is 8.66. The molecule has 0 bridgehead atoms. The maximum Gasteiger partial charge on any atom is 0.118 e. The fourth-order valence-corrected chi connectivity index (χ4v) is 2.42. The minimum Gasteiger partial charge on any atom is -0.497 e. The molecule has 28 heavy (non-hydrogen) atoms. The molecule has 0 unspecified atom stereocenters. The summed E-state index contributed by atoms with van der Waals surface area (Å²) in [5.41, 5.74) is 5.52. The van der Waals surface area contributed by atoms with E-state index in [0.29, 0.717) is 6.54 Å². The Labute approximate surface area is 167 Å². The highest BCUT2D eigenvalue weighted by molar-refractivity contribution is 5.68. The lowest BCUT2D eigenvalue weighted by Gasteiger charge is -2.06. The number of aliphatic hydroxyl groups is 1. The van der Waals surface area contributed by atoms with Gasteiger partial charge in [0.15, 0.2) is 0 Å². The molecule has 0 fully saturated rings. The third-order valence-corrected chi connectivity index (χ3v) is 3.81. The van der Waals surface area contributed by atoms with Crippen LogP contribution in [-0.4, -0.2) is 37.7 Å². The number of aliphatic imine (C=N–C) groups is 2. The number of hydrogen-bond donors (Lipinski definition) is 1. The van der Waals surface area contributed by atoms with E-state index >= 15 is 0 Å². The van der Waals surface area contributed by atoms with E-state index in [4.69, 9.17) is 9.84 Å². The van der Waals surface area contributed by atoms with Crippen LogP contribution in [0, 0.1) is 6.92 Å². The van der Waals surface area contributed by atoms with E-state index in [1.807, 2.05) is 37.3 Å². The summed E-state index contributed by atoms with van der Waals surface area (Å²) in [6.07, 6.45) is 3.53. The van der Waals surface area contributed by atoms with E-state index < -0.39 is 0 Å². The minimum absolute atomic E-state index is 0.661. The van der Waals surface area contributed by atoms with Crippen molar-refractivity contribution in [1.29, 1.82) is 0 Å². The Morgan fingerprint density at radius 2 is 1.68 bits per heavy atom. The Hall–Kier alpha value is -3.31. The van der Waals surface area contributed by atoms with E-state index in [0.717, 1.165) is 29.7 Å². The number of hydrogen-bond acceptors (Lipinski definition) is 5. The summed E-state index contributed by atoms with van der Waals surface area (Å²) in [7, 11) is 2.67. The Morgan fingerprint density at radius 1 is 1.00 bits per heavy atom. The van der Waals surface area contributed by atoms with Crippen LogP contribution in [0.2, 0.25) is 0 Å². The molecule has 0 atom stereocenters. The summed E-state index contributed by atoms with van der Waals surface area (Å²) in [5.74, 6) is 0.870. The van der Waals surface area contributed by atoms with Gasteiger partial charge in [-0.15, -0.1) is 0 Å². The number of nitrogens with zero attached hydrogens (tertiary/aromatic N) is 3. The first kappa shape index (κ1) is 22.7. The lowest BCUT2D eigenvalue weighted by Crippen LogP contribution is -1.83. The average Bonchev–Trinajstić information content (AvgIpc) is 2.76. The third-order valence-electron chi connectivity index (χ3n) is 3.81. The maximum atomic E-state index is 7.00. The number of ether oxygens (including phenoxy) is 1. The second-order valence-electron chi connectivity index (χ2n) is 5.63. The van der Waals surface area contributed by atoms with Crippen molar-refractivity contribution in [3.63, 3.8) is 0 Å². The second kappa shape index (κ2) is 12.9. The zero-order valence-electron chi connectivity index (χ0n) is 16.7. The molecule has 5 nitrogen and oxygen atoms in total. The molecule has 0 aliphatic rings. The topological polar surface area (TPSA) is 67.1 Å². The van der Waals surface area contributed by atoms with Crippen molar-refractivity contribution < 1.29 is 9.84 Å². The number of rotatable bonds is 5. The van der Waals surface area contributed by atoms with Gasteiger partial charge in [0.25, 0.3) is 0 Å². The summed E-state index contributed by atoms with van der Waals surface area (Å²) < 4.78 is 5.14. The Balaban J connectivity index is 0.000000301. The molecule has 146 valence electrons. The van der Waals surface area contributed by atoms with E-state index in [1.165, 1.54) is 11.1 Å². The van der Waals surface area contributed by atoms with Gasteiger partial charge in [-0.3, -0.25) is 15.0 Å². The van der Waals surface area contributed by atoms with Gasteiger partial charge in [0, 0.05) is 19.5 Å². The van der Waals surface area contributed by atoms with Gasteiger partial charge in [-0.1, -0.05) is 24.3 Å². The molecular formula is C23H27N3O2. The molecule has 3 rings (SSSR count). The van der Waals surface area contributed by atoms with Crippen molar-refractivity contribution in [3.8, 4) is 16.9 Å². The van der Waals surface area contributed by atoms with Gasteiger partial charge in [0.1, 0.15) is 5.75 Å². The molecule has 0 saturated heterocycles. The van der Waals surface area contributed by atoms with Crippen LogP contribution in [0.1, 0.15) is 11.1 Å². The smallest absolute Gasteiger partial charge is 0.118 e. The standard InChI is InChI=1S/C15H15NO.C7H8N2.CH4O/c1-11-10-13(6-9-15(11)16-2)12-4-7-14(17-3)8-5-12;1-8-5-7-3-2-4-9-6-7;1-2/h4-10H,2H2,1,3H3;2-4,6H,1,5H2;2H,1H3. The first-order chi connectivity index (χ1) is 13.7. The summed E-state index contributed by atoms with van der Waals surface area (Å²) >= 11 is 0. The van der Waals surface area contributed by atoms with Crippen LogP contribution in [0.4, 0.5) is 5.69 Å². The van der Waals surface area contributed by atoms with E-state index in [9.17, 15) is 0 Å². The zero-order chi connectivity index (χ0) is 20.8. The number of aliphatic hydroxyl groups excluding tert-OH is 1. The fourth-order valence-electron chi connectivity index (χ4n) is 2.42. The predicted octanol–water partition coefficient (Wildman–Crippen LogP) is 4.89. The number of benzene rings is 2. The summed E-state index contributed by atoms with van der Waals surface area (Å²) in [5, 5.41) is 7.00. The molecule has 0 aliphatic carbocycles. The summed E-state index contributed by atoms with van der Waals surface area (Å²) in [4.78, 5) is 11.6. The molecule has 0 aliphatic heterocycles. The number of aryl methyl sites for hydroxylation is 1. The summed E-state index contributed by atoms with van der Waals surface area (Å²) in [6, 6.07) is 18.0. The maximum absolute atomic E-state index is 7.00. The predicted molar refractivity (Wildman–Crippen MR) is 118 cm³/mol. The molecule has 5 heteroatoms. The van der Waals surface area contributed by atoms with Gasteiger partial charge < -0.3 is 9.84 Å². The quantitative estimate of drug-likeness (QED) is 0.644. The highest BCUT2D eigenvalue weighted by Gasteiger charge is 2.01.